The third kappa shape index (κ3) is 4.35. The number of aromatic nitrogens is 1. The molecule has 184 valence electrons. The minimum absolute atomic E-state index is 0.116. The Kier molecular flexibility index (Phi) is 6.88. The Morgan fingerprint density at radius 2 is 1.76 bits per heavy atom. The van der Waals surface area contributed by atoms with Crippen molar-refractivity contribution < 1.29 is 0 Å². The Labute approximate surface area is 217 Å². The first-order valence-electron chi connectivity index (χ1n) is 11.8. The van der Waals surface area contributed by atoms with E-state index in [0.717, 1.165) is 44.3 Å². The van der Waals surface area contributed by atoms with E-state index in [1.54, 1.807) is 30.0 Å². The number of benzene rings is 3. The van der Waals surface area contributed by atoms with E-state index >= 15 is 0 Å². The molecule has 4 aromatic rings. The Bertz CT molecular complexity index is 1640. The molecule has 1 unspecified atom stereocenters. The van der Waals surface area contributed by atoms with Crippen molar-refractivity contribution in [3.8, 4) is 23.5 Å². The van der Waals surface area contributed by atoms with E-state index in [2.05, 4.69) is 19.1 Å². The lowest BCUT2D eigenvalue weighted by molar-refractivity contribution is 0.446. The topological polar surface area (TPSA) is 77.3 Å². The molecule has 4 N–H and O–H groups in total. The van der Waals surface area contributed by atoms with Crippen LogP contribution >= 0.6 is 0 Å². The molecule has 0 spiro atoms. The van der Waals surface area contributed by atoms with Crippen molar-refractivity contribution in [2.24, 2.45) is 18.5 Å². The smallest absolute Gasteiger partial charge is 0.251 e. The van der Waals surface area contributed by atoms with Gasteiger partial charge in [-0.25, -0.2) is 0 Å². The first-order valence-corrected chi connectivity index (χ1v) is 11.8. The number of fused-ring (bicyclic) bond motifs is 1. The highest BCUT2D eigenvalue weighted by Gasteiger charge is 2.36. The molecule has 0 aliphatic carbocycles. The third-order valence-corrected chi connectivity index (χ3v) is 6.86. The molecule has 37 heavy (non-hydrogen) atoms. The molecule has 0 amide bonds. The maximum atomic E-state index is 12.9. The van der Waals surface area contributed by atoms with Gasteiger partial charge in [-0.1, -0.05) is 67.6 Å². The van der Waals surface area contributed by atoms with E-state index in [9.17, 15) is 4.79 Å². The standard InChI is InChI=1S/C32H30N4O/c1-6-22-12-14-25(15-13-22)32(34,30(21-33)35(4)8-3)26-16-17-29-28(19-26)27(20-31(37)36(29)5)24-11-9-10-23(7-2)18-24/h2,6,8-21H,1,3,33-34H2,4-5H3/b30-21-. The molecule has 0 saturated carbocycles. The van der Waals surface area contributed by atoms with Gasteiger partial charge in [-0.3, -0.25) is 4.79 Å². The highest BCUT2D eigenvalue weighted by Crippen LogP contribution is 2.38. The summed E-state index contributed by atoms with van der Waals surface area (Å²) < 4.78 is 1.63. The van der Waals surface area contributed by atoms with E-state index in [-0.39, 0.29) is 5.56 Å². The number of pyridine rings is 1. The highest BCUT2D eigenvalue weighted by atomic mass is 16.1. The average Bonchev–Trinajstić information content (AvgIpc) is 2.94. The van der Waals surface area contributed by atoms with E-state index in [0.29, 0.717) is 5.70 Å². The van der Waals surface area contributed by atoms with Crippen molar-refractivity contribution in [3.05, 3.63) is 137 Å². The van der Waals surface area contributed by atoms with Gasteiger partial charge in [-0.2, -0.15) is 0 Å². The number of likely N-dealkylation sites (N-methyl/N-ethyl adjacent to an activating group) is 1. The van der Waals surface area contributed by atoms with Crippen LogP contribution in [0, 0.1) is 12.3 Å². The van der Waals surface area contributed by atoms with Crippen LogP contribution in [0.4, 0.5) is 0 Å². The fourth-order valence-electron chi connectivity index (χ4n) is 4.69. The number of hydrogen-bond donors (Lipinski definition) is 2. The third-order valence-electron chi connectivity index (χ3n) is 6.86. The van der Waals surface area contributed by atoms with E-state index < -0.39 is 5.54 Å². The van der Waals surface area contributed by atoms with Crippen molar-refractivity contribution in [1.82, 2.24) is 9.47 Å². The van der Waals surface area contributed by atoms with Gasteiger partial charge in [0.15, 0.2) is 0 Å². The molecule has 0 aliphatic rings. The number of rotatable bonds is 7. The zero-order valence-corrected chi connectivity index (χ0v) is 21.1. The van der Waals surface area contributed by atoms with Crippen LogP contribution in [0.2, 0.25) is 0 Å². The quantitative estimate of drug-likeness (QED) is 0.364. The van der Waals surface area contributed by atoms with Crippen LogP contribution in [0.3, 0.4) is 0 Å². The molecule has 1 aromatic heterocycles. The van der Waals surface area contributed by atoms with Gasteiger partial charge >= 0.3 is 0 Å². The summed E-state index contributed by atoms with van der Waals surface area (Å²) in [5, 5.41) is 0.865. The van der Waals surface area contributed by atoms with E-state index in [4.69, 9.17) is 17.9 Å². The molecule has 5 nitrogen and oxygen atoms in total. The fraction of sp³-hybridized carbons (Fsp3) is 0.0938. The van der Waals surface area contributed by atoms with Gasteiger partial charge in [0.05, 0.1) is 11.2 Å². The Morgan fingerprint density at radius 3 is 2.38 bits per heavy atom. The van der Waals surface area contributed by atoms with Gasteiger partial charge in [0.2, 0.25) is 0 Å². The predicted molar refractivity (Wildman–Crippen MR) is 154 cm³/mol. The summed E-state index contributed by atoms with van der Waals surface area (Å²) in [6.45, 7) is 7.76. The fourth-order valence-corrected chi connectivity index (χ4v) is 4.69. The Balaban J connectivity index is 2.07. The molecule has 3 aromatic carbocycles. The van der Waals surface area contributed by atoms with Gasteiger partial charge in [-0.05, 0) is 58.3 Å². The summed E-state index contributed by atoms with van der Waals surface area (Å²) >= 11 is 0. The SMILES string of the molecule is C#Cc1cccc(-c2cc(=O)n(C)c3ccc(C(N)(/C(=C/N)N(C)C=C)c4ccc(C=C)cc4)cc23)c1. The molecular weight excluding hydrogens is 456 g/mol. The molecule has 4 rings (SSSR count). The first kappa shape index (κ1) is 25.3. The summed E-state index contributed by atoms with van der Waals surface area (Å²) in [6, 6.07) is 23.0. The van der Waals surface area contributed by atoms with Crippen LogP contribution in [0.15, 0.2) is 109 Å². The Hall–Kier alpha value is -4.79. The second-order valence-corrected chi connectivity index (χ2v) is 8.89. The minimum atomic E-state index is -1.13. The molecule has 5 heteroatoms. The summed E-state index contributed by atoms with van der Waals surface area (Å²) in [7, 11) is 3.61. The van der Waals surface area contributed by atoms with Gasteiger partial charge in [-0.15, -0.1) is 6.42 Å². The predicted octanol–water partition coefficient (Wildman–Crippen LogP) is 4.91. The van der Waals surface area contributed by atoms with Crippen LogP contribution in [-0.4, -0.2) is 16.5 Å². The van der Waals surface area contributed by atoms with Gasteiger partial charge in [0, 0.05) is 37.3 Å². The van der Waals surface area contributed by atoms with Crippen molar-refractivity contribution in [2.75, 3.05) is 7.05 Å². The van der Waals surface area contributed by atoms with Crippen molar-refractivity contribution in [2.45, 2.75) is 5.54 Å². The number of aryl methyl sites for hydroxylation is 1. The summed E-state index contributed by atoms with van der Waals surface area (Å²) in [5.41, 5.74) is 18.6. The summed E-state index contributed by atoms with van der Waals surface area (Å²) in [5.74, 6) is 2.67. The molecular formula is C32H30N4O. The van der Waals surface area contributed by atoms with Crippen LogP contribution in [0.5, 0.6) is 0 Å². The number of nitrogens with zero attached hydrogens (tertiary/aromatic N) is 2. The second-order valence-electron chi connectivity index (χ2n) is 8.89. The summed E-state index contributed by atoms with van der Waals surface area (Å²) in [6.07, 6.45) is 10.6. The molecule has 0 bridgehead atoms. The number of nitrogens with two attached hydrogens (primary N) is 2. The van der Waals surface area contributed by atoms with Gasteiger partial charge < -0.3 is 20.9 Å². The lowest BCUT2D eigenvalue weighted by Gasteiger charge is -2.37. The van der Waals surface area contributed by atoms with Gasteiger partial charge in [0.1, 0.15) is 5.54 Å². The van der Waals surface area contributed by atoms with Crippen molar-refractivity contribution in [3.63, 3.8) is 0 Å². The van der Waals surface area contributed by atoms with Gasteiger partial charge in [0.25, 0.3) is 5.56 Å². The number of terminal acetylenes is 1. The minimum Gasteiger partial charge on any atom is -0.403 e. The zero-order valence-electron chi connectivity index (χ0n) is 21.1. The maximum Gasteiger partial charge on any atom is 0.251 e. The normalized spacial score (nSPS) is 13.0. The lowest BCUT2D eigenvalue weighted by atomic mass is 9.79. The molecule has 0 fully saturated rings. The molecule has 1 atom stereocenters. The average molecular weight is 487 g/mol. The molecule has 0 radical (unpaired) electrons. The Morgan fingerprint density at radius 1 is 1.05 bits per heavy atom. The molecule has 1 heterocycles. The van der Waals surface area contributed by atoms with E-state index in [1.807, 2.05) is 78.7 Å². The zero-order chi connectivity index (χ0) is 26.7. The maximum absolute atomic E-state index is 12.9. The second kappa shape index (κ2) is 10.1. The van der Waals surface area contributed by atoms with Crippen LogP contribution in [-0.2, 0) is 12.6 Å². The van der Waals surface area contributed by atoms with Crippen molar-refractivity contribution in [1.29, 1.82) is 0 Å². The number of hydrogen-bond acceptors (Lipinski definition) is 4. The van der Waals surface area contributed by atoms with Crippen molar-refractivity contribution >= 4 is 17.0 Å². The highest BCUT2D eigenvalue weighted by molar-refractivity contribution is 5.95. The summed E-state index contributed by atoms with van der Waals surface area (Å²) in [4.78, 5) is 14.7. The van der Waals surface area contributed by atoms with E-state index in [1.165, 1.54) is 6.20 Å². The molecule has 0 aliphatic heterocycles. The largest absolute Gasteiger partial charge is 0.403 e. The first-order chi connectivity index (χ1) is 17.8. The lowest BCUT2D eigenvalue weighted by Crippen LogP contribution is -2.45. The van der Waals surface area contributed by atoms with Crippen LogP contribution in [0.25, 0.3) is 28.1 Å². The van der Waals surface area contributed by atoms with Crippen LogP contribution in [0.1, 0.15) is 22.3 Å². The monoisotopic (exact) mass is 486 g/mol. The van der Waals surface area contributed by atoms with Crippen LogP contribution < -0.4 is 17.0 Å². The molecule has 0 saturated heterocycles.